The number of aliphatic imine (C=N–C) groups is 1. The summed E-state index contributed by atoms with van der Waals surface area (Å²) in [5.74, 6) is 0.752. The number of guanidine groups is 1. The zero-order valence-corrected chi connectivity index (χ0v) is 23.1. The Morgan fingerprint density at radius 2 is 1.77 bits per heavy atom. The number of urea groups is 1. The standard InChI is InChI=1S/C29H39N7O4/c1-2-30-29(39)33-28-32-25-18-24(40-17-9-12-26(37)34-36-15-7-4-8-16-36)14-13-23(25)20-35(28)21-27(38)31-19-22-10-5-3-6-11-22/h3,5-6,10-11,13-14,18H,2,4,7-9,12,15-17,19-21H2,1H3,(H,31,38)(H,34,37)(H2,30,32,33,39). The SMILES string of the molecule is CCNC(=O)NC1=Nc2cc(OCCCC(=O)NN3CCCCC3)ccc2CN1CC(=O)NCc1ccccc1. The van der Waals surface area contributed by atoms with E-state index in [4.69, 9.17) is 4.74 Å². The lowest BCUT2D eigenvalue weighted by molar-refractivity contribution is -0.126. The third kappa shape index (κ3) is 8.98. The van der Waals surface area contributed by atoms with Crippen molar-refractivity contribution in [1.29, 1.82) is 0 Å². The van der Waals surface area contributed by atoms with Gasteiger partial charge in [-0.15, -0.1) is 0 Å². The Bertz CT molecular complexity index is 1180. The zero-order valence-electron chi connectivity index (χ0n) is 23.1. The van der Waals surface area contributed by atoms with E-state index in [1.54, 1.807) is 4.90 Å². The van der Waals surface area contributed by atoms with Crippen LogP contribution in [0.5, 0.6) is 5.75 Å². The second-order valence-corrected chi connectivity index (χ2v) is 9.86. The van der Waals surface area contributed by atoms with Crippen LogP contribution in [0, 0.1) is 0 Å². The largest absolute Gasteiger partial charge is 0.494 e. The summed E-state index contributed by atoms with van der Waals surface area (Å²) in [7, 11) is 0. The topological polar surface area (TPSA) is 127 Å². The number of piperidine rings is 1. The average molecular weight is 550 g/mol. The van der Waals surface area contributed by atoms with E-state index in [0.29, 0.717) is 56.5 Å². The summed E-state index contributed by atoms with van der Waals surface area (Å²) in [6.07, 6.45) is 4.43. The van der Waals surface area contributed by atoms with E-state index < -0.39 is 6.03 Å². The van der Waals surface area contributed by atoms with Gasteiger partial charge in [-0.3, -0.25) is 20.3 Å². The number of amides is 4. The van der Waals surface area contributed by atoms with Crippen molar-refractivity contribution in [3.05, 3.63) is 59.7 Å². The fourth-order valence-corrected chi connectivity index (χ4v) is 4.57. The molecule has 214 valence electrons. The predicted molar refractivity (Wildman–Crippen MR) is 153 cm³/mol. The Morgan fingerprint density at radius 3 is 2.55 bits per heavy atom. The lowest BCUT2D eigenvalue weighted by Crippen LogP contribution is -2.51. The van der Waals surface area contributed by atoms with Crippen molar-refractivity contribution >= 4 is 29.5 Å². The van der Waals surface area contributed by atoms with Gasteiger partial charge in [-0.25, -0.2) is 14.8 Å². The van der Waals surface area contributed by atoms with Gasteiger partial charge in [-0.2, -0.15) is 0 Å². The Kier molecular flexibility index (Phi) is 10.7. The van der Waals surface area contributed by atoms with Crippen molar-refractivity contribution in [2.75, 3.05) is 32.8 Å². The van der Waals surface area contributed by atoms with Crippen molar-refractivity contribution in [3.63, 3.8) is 0 Å². The summed E-state index contributed by atoms with van der Waals surface area (Å²) < 4.78 is 5.89. The Morgan fingerprint density at radius 1 is 0.975 bits per heavy atom. The third-order valence-electron chi connectivity index (χ3n) is 6.63. The normalized spacial score (nSPS) is 14.9. The number of carbonyl (C=O) groups is 3. The van der Waals surface area contributed by atoms with Crippen molar-refractivity contribution in [2.45, 2.75) is 52.1 Å². The maximum atomic E-state index is 12.7. The van der Waals surface area contributed by atoms with Gasteiger partial charge in [0.05, 0.1) is 12.3 Å². The molecule has 2 aromatic carbocycles. The Hall–Kier alpha value is -4.12. The van der Waals surface area contributed by atoms with E-state index in [-0.39, 0.29) is 18.4 Å². The fraction of sp³-hybridized carbons (Fsp3) is 0.448. The van der Waals surface area contributed by atoms with E-state index >= 15 is 0 Å². The highest BCUT2D eigenvalue weighted by molar-refractivity contribution is 5.99. The van der Waals surface area contributed by atoms with Crippen molar-refractivity contribution in [1.82, 2.24) is 31.3 Å². The van der Waals surface area contributed by atoms with E-state index in [9.17, 15) is 14.4 Å². The number of nitrogens with zero attached hydrogens (tertiary/aromatic N) is 3. The molecular formula is C29H39N7O4. The first-order chi connectivity index (χ1) is 19.5. The van der Waals surface area contributed by atoms with Crippen LogP contribution in [-0.2, 0) is 22.7 Å². The van der Waals surface area contributed by atoms with Crippen molar-refractivity contribution in [3.8, 4) is 5.75 Å². The predicted octanol–water partition coefficient (Wildman–Crippen LogP) is 2.80. The van der Waals surface area contributed by atoms with Gasteiger partial charge in [-0.05, 0) is 43.4 Å². The number of ether oxygens (including phenoxy) is 1. The van der Waals surface area contributed by atoms with Gasteiger partial charge >= 0.3 is 6.03 Å². The summed E-state index contributed by atoms with van der Waals surface area (Å²) in [5.41, 5.74) is 5.54. The number of nitrogens with one attached hydrogen (secondary N) is 4. The summed E-state index contributed by atoms with van der Waals surface area (Å²) in [4.78, 5) is 43.6. The van der Waals surface area contributed by atoms with Gasteiger partial charge < -0.3 is 20.3 Å². The molecule has 0 aromatic heterocycles. The molecule has 11 heteroatoms. The van der Waals surface area contributed by atoms with Crippen LogP contribution in [0.3, 0.4) is 0 Å². The zero-order chi connectivity index (χ0) is 28.2. The number of hydrogen-bond donors (Lipinski definition) is 4. The molecule has 2 aromatic rings. The van der Waals surface area contributed by atoms with Crippen LogP contribution in [0.1, 0.15) is 50.2 Å². The van der Waals surface area contributed by atoms with Crippen molar-refractivity contribution in [2.24, 2.45) is 4.99 Å². The molecule has 0 spiro atoms. The smallest absolute Gasteiger partial charge is 0.321 e. The molecule has 0 saturated carbocycles. The molecule has 2 aliphatic heterocycles. The second kappa shape index (κ2) is 14.9. The van der Waals surface area contributed by atoms with Crippen LogP contribution < -0.4 is 26.1 Å². The lowest BCUT2D eigenvalue weighted by Gasteiger charge is -2.30. The van der Waals surface area contributed by atoms with Crippen LogP contribution in [0.2, 0.25) is 0 Å². The number of benzene rings is 2. The quantitative estimate of drug-likeness (QED) is 0.319. The minimum Gasteiger partial charge on any atom is -0.494 e. The van der Waals surface area contributed by atoms with E-state index in [0.717, 1.165) is 37.1 Å². The molecule has 0 aliphatic carbocycles. The van der Waals surface area contributed by atoms with Gasteiger partial charge in [0.15, 0.2) is 0 Å². The molecule has 0 atom stereocenters. The molecule has 0 bridgehead atoms. The molecule has 2 heterocycles. The van der Waals surface area contributed by atoms with Crippen LogP contribution in [0.4, 0.5) is 10.5 Å². The summed E-state index contributed by atoms with van der Waals surface area (Å²) in [6, 6.07) is 14.9. The molecule has 4 N–H and O–H groups in total. The molecule has 4 rings (SSSR count). The lowest BCUT2D eigenvalue weighted by atomic mass is 10.1. The molecule has 40 heavy (non-hydrogen) atoms. The molecule has 4 amide bonds. The van der Waals surface area contributed by atoms with E-state index in [2.05, 4.69) is 26.4 Å². The van der Waals surface area contributed by atoms with Crippen molar-refractivity contribution < 1.29 is 19.1 Å². The first-order valence-corrected chi connectivity index (χ1v) is 14.0. The van der Waals surface area contributed by atoms with Crippen LogP contribution in [0.25, 0.3) is 0 Å². The highest BCUT2D eigenvalue weighted by Gasteiger charge is 2.24. The van der Waals surface area contributed by atoms with Crippen LogP contribution in [-0.4, -0.2) is 66.5 Å². The maximum Gasteiger partial charge on any atom is 0.321 e. The number of rotatable bonds is 11. The third-order valence-corrected chi connectivity index (χ3v) is 6.63. The van der Waals surface area contributed by atoms with Gasteiger partial charge in [0.25, 0.3) is 0 Å². The summed E-state index contributed by atoms with van der Waals surface area (Å²) in [6.45, 7) is 5.35. The van der Waals surface area contributed by atoms with Gasteiger partial charge in [0.2, 0.25) is 17.8 Å². The van der Waals surface area contributed by atoms with Gasteiger partial charge in [-0.1, -0.05) is 42.8 Å². The highest BCUT2D eigenvalue weighted by Crippen LogP contribution is 2.30. The molecule has 0 radical (unpaired) electrons. The van der Waals surface area contributed by atoms with E-state index in [1.165, 1.54) is 6.42 Å². The molecule has 0 unspecified atom stereocenters. The number of fused-ring (bicyclic) bond motifs is 1. The minimum absolute atomic E-state index is 0.00881. The first-order valence-electron chi connectivity index (χ1n) is 14.0. The highest BCUT2D eigenvalue weighted by atomic mass is 16.5. The molecule has 1 fully saturated rings. The molecular weight excluding hydrogens is 510 g/mol. The van der Waals surface area contributed by atoms with E-state index in [1.807, 2.05) is 60.5 Å². The summed E-state index contributed by atoms with van der Waals surface area (Å²) >= 11 is 0. The Labute approximate surface area is 235 Å². The van der Waals surface area contributed by atoms with Gasteiger partial charge in [0, 0.05) is 45.2 Å². The van der Waals surface area contributed by atoms with Crippen LogP contribution in [0.15, 0.2) is 53.5 Å². The second-order valence-electron chi connectivity index (χ2n) is 9.86. The maximum absolute atomic E-state index is 12.7. The number of hydrazine groups is 1. The molecule has 1 saturated heterocycles. The molecule has 11 nitrogen and oxygen atoms in total. The monoisotopic (exact) mass is 549 g/mol. The summed E-state index contributed by atoms with van der Waals surface area (Å²) in [5, 5.41) is 10.4. The minimum atomic E-state index is -0.394. The number of hydrogen-bond acceptors (Lipinski definition) is 7. The van der Waals surface area contributed by atoms with Gasteiger partial charge in [0.1, 0.15) is 12.3 Å². The molecule has 2 aliphatic rings. The number of carbonyl (C=O) groups excluding carboxylic acids is 3. The first kappa shape index (κ1) is 28.9. The van der Waals surface area contributed by atoms with Crippen LogP contribution >= 0.6 is 0 Å². The average Bonchev–Trinajstić information content (AvgIpc) is 2.96. The Balaban J connectivity index is 1.32. The fourth-order valence-electron chi connectivity index (χ4n) is 4.57.